The first-order valence-corrected chi connectivity index (χ1v) is 5.79. The van der Waals surface area contributed by atoms with E-state index in [2.05, 4.69) is 5.10 Å². The summed E-state index contributed by atoms with van der Waals surface area (Å²) >= 11 is 0. The van der Waals surface area contributed by atoms with E-state index in [1.807, 2.05) is 18.2 Å². The van der Waals surface area contributed by atoms with Crippen LogP contribution >= 0.6 is 0 Å². The summed E-state index contributed by atoms with van der Waals surface area (Å²) in [5.41, 5.74) is 6.62. The summed E-state index contributed by atoms with van der Waals surface area (Å²) in [6, 6.07) is 10.5. The van der Waals surface area contributed by atoms with E-state index in [1.54, 1.807) is 12.1 Å². The molecule has 0 spiro atoms. The Morgan fingerprint density at radius 1 is 1.26 bits per heavy atom. The molecule has 0 radical (unpaired) electrons. The van der Waals surface area contributed by atoms with Crippen molar-refractivity contribution in [1.82, 2.24) is 9.78 Å². The standard InChI is InChI=1S/C13H14F3N3/c1-19-12(10(8-17)13(14,15)16)7-11(18-19)9-5-3-2-4-6-9/h2-7,10H,8,17H2,1H3. The summed E-state index contributed by atoms with van der Waals surface area (Å²) in [5.74, 6) is -1.69. The van der Waals surface area contributed by atoms with Gasteiger partial charge < -0.3 is 5.73 Å². The predicted molar refractivity (Wildman–Crippen MR) is 66.5 cm³/mol. The molecule has 2 aromatic rings. The summed E-state index contributed by atoms with van der Waals surface area (Å²) in [5, 5.41) is 4.12. The highest BCUT2D eigenvalue weighted by Crippen LogP contribution is 2.35. The quantitative estimate of drug-likeness (QED) is 0.931. The van der Waals surface area contributed by atoms with Crippen LogP contribution in [0.15, 0.2) is 36.4 Å². The van der Waals surface area contributed by atoms with Crippen molar-refractivity contribution < 1.29 is 13.2 Å². The molecule has 0 saturated heterocycles. The van der Waals surface area contributed by atoms with Crippen LogP contribution in [0.25, 0.3) is 11.3 Å². The van der Waals surface area contributed by atoms with Crippen LogP contribution in [-0.2, 0) is 7.05 Å². The molecule has 102 valence electrons. The lowest BCUT2D eigenvalue weighted by atomic mass is 10.0. The Labute approximate surface area is 108 Å². The van der Waals surface area contributed by atoms with Gasteiger partial charge in [0.05, 0.1) is 11.4 Å². The minimum atomic E-state index is -4.36. The fourth-order valence-electron chi connectivity index (χ4n) is 1.98. The zero-order chi connectivity index (χ0) is 14.0. The number of nitrogens with zero attached hydrogens (tertiary/aromatic N) is 2. The van der Waals surface area contributed by atoms with E-state index in [-0.39, 0.29) is 5.69 Å². The molecule has 0 saturated carbocycles. The number of aryl methyl sites for hydroxylation is 1. The van der Waals surface area contributed by atoms with Gasteiger partial charge in [-0.3, -0.25) is 4.68 Å². The number of nitrogens with two attached hydrogens (primary N) is 1. The highest BCUT2D eigenvalue weighted by atomic mass is 19.4. The molecule has 1 unspecified atom stereocenters. The molecule has 0 fully saturated rings. The van der Waals surface area contributed by atoms with Crippen LogP contribution in [0.2, 0.25) is 0 Å². The minimum absolute atomic E-state index is 0.0776. The van der Waals surface area contributed by atoms with Gasteiger partial charge in [0, 0.05) is 19.2 Å². The van der Waals surface area contributed by atoms with Crippen molar-refractivity contribution in [2.24, 2.45) is 12.8 Å². The summed E-state index contributed by atoms with van der Waals surface area (Å²) in [4.78, 5) is 0. The highest BCUT2D eigenvalue weighted by Gasteiger charge is 2.41. The van der Waals surface area contributed by atoms with Gasteiger partial charge in [0.25, 0.3) is 0 Å². The van der Waals surface area contributed by atoms with Crippen molar-refractivity contribution in [2.75, 3.05) is 6.54 Å². The summed E-state index contributed by atoms with van der Waals surface area (Å²) in [7, 11) is 1.50. The summed E-state index contributed by atoms with van der Waals surface area (Å²) in [6.07, 6.45) is -4.36. The molecule has 1 atom stereocenters. The number of halogens is 3. The Hall–Kier alpha value is -1.82. The van der Waals surface area contributed by atoms with Gasteiger partial charge in [0.1, 0.15) is 5.92 Å². The maximum Gasteiger partial charge on any atom is 0.398 e. The molecular formula is C13H14F3N3. The van der Waals surface area contributed by atoms with Gasteiger partial charge in [-0.1, -0.05) is 30.3 Å². The van der Waals surface area contributed by atoms with Gasteiger partial charge in [-0.25, -0.2) is 0 Å². The third-order valence-corrected chi connectivity index (χ3v) is 2.97. The van der Waals surface area contributed by atoms with Gasteiger partial charge in [-0.05, 0) is 6.07 Å². The van der Waals surface area contributed by atoms with Crippen molar-refractivity contribution in [3.8, 4) is 11.3 Å². The average Bonchev–Trinajstić information content (AvgIpc) is 2.72. The van der Waals surface area contributed by atoms with E-state index in [1.165, 1.54) is 17.8 Å². The van der Waals surface area contributed by atoms with E-state index in [4.69, 9.17) is 5.73 Å². The third kappa shape index (κ3) is 2.78. The van der Waals surface area contributed by atoms with Crippen LogP contribution < -0.4 is 5.73 Å². The van der Waals surface area contributed by atoms with Gasteiger partial charge in [-0.2, -0.15) is 18.3 Å². The van der Waals surface area contributed by atoms with Crippen molar-refractivity contribution in [3.63, 3.8) is 0 Å². The maximum absolute atomic E-state index is 12.9. The number of rotatable bonds is 3. The topological polar surface area (TPSA) is 43.8 Å². The minimum Gasteiger partial charge on any atom is -0.329 e. The monoisotopic (exact) mass is 269 g/mol. The van der Waals surface area contributed by atoms with Gasteiger partial charge in [0.15, 0.2) is 0 Å². The fourth-order valence-corrected chi connectivity index (χ4v) is 1.98. The number of hydrogen-bond donors (Lipinski definition) is 1. The summed E-state index contributed by atoms with van der Waals surface area (Å²) < 4.78 is 39.9. The van der Waals surface area contributed by atoms with Crippen molar-refractivity contribution in [2.45, 2.75) is 12.1 Å². The maximum atomic E-state index is 12.9. The van der Waals surface area contributed by atoms with Crippen LogP contribution in [0.3, 0.4) is 0 Å². The Morgan fingerprint density at radius 3 is 2.42 bits per heavy atom. The SMILES string of the molecule is Cn1nc(-c2ccccc2)cc1C(CN)C(F)(F)F. The molecule has 0 bridgehead atoms. The molecule has 2 N–H and O–H groups in total. The summed E-state index contributed by atoms with van der Waals surface area (Å²) in [6.45, 7) is -0.489. The molecule has 1 heterocycles. The molecule has 0 amide bonds. The Morgan fingerprint density at radius 2 is 1.89 bits per heavy atom. The van der Waals surface area contributed by atoms with Crippen molar-refractivity contribution >= 4 is 0 Å². The smallest absolute Gasteiger partial charge is 0.329 e. The van der Waals surface area contributed by atoms with Crippen LogP contribution in [0, 0.1) is 0 Å². The number of aromatic nitrogens is 2. The largest absolute Gasteiger partial charge is 0.398 e. The molecule has 0 aliphatic carbocycles. The number of alkyl halides is 3. The van der Waals surface area contributed by atoms with Crippen LogP contribution in [0.1, 0.15) is 11.6 Å². The molecule has 0 aliphatic rings. The second kappa shape index (κ2) is 5.05. The van der Waals surface area contributed by atoms with Crippen molar-refractivity contribution in [3.05, 3.63) is 42.1 Å². The van der Waals surface area contributed by atoms with E-state index >= 15 is 0 Å². The third-order valence-electron chi connectivity index (χ3n) is 2.97. The van der Waals surface area contributed by atoms with Crippen LogP contribution in [-0.4, -0.2) is 22.5 Å². The molecule has 19 heavy (non-hydrogen) atoms. The van der Waals surface area contributed by atoms with Gasteiger partial charge in [-0.15, -0.1) is 0 Å². The predicted octanol–water partition coefficient (Wildman–Crippen LogP) is 2.69. The van der Waals surface area contributed by atoms with E-state index in [0.717, 1.165) is 5.56 Å². The highest BCUT2D eigenvalue weighted by molar-refractivity contribution is 5.59. The van der Waals surface area contributed by atoms with Crippen LogP contribution in [0.5, 0.6) is 0 Å². The zero-order valence-electron chi connectivity index (χ0n) is 10.4. The van der Waals surface area contributed by atoms with Gasteiger partial charge in [0.2, 0.25) is 0 Å². The van der Waals surface area contributed by atoms with E-state index < -0.39 is 18.6 Å². The number of benzene rings is 1. The van der Waals surface area contributed by atoms with Gasteiger partial charge >= 0.3 is 6.18 Å². The lowest BCUT2D eigenvalue weighted by Gasteiger charge is -2.18. The Bertz CT molecular complexity index is 546. The first-order valence-electron chi connectivity index (χ1n) is 5.79. The van der Waals surface area contributed by atoms with E-state index in [0.29, 0.717) is 5.69 Å². The molecule has 6 heteroatoms. The second-order valence-corrected chi connectivity index (χ2v) is 4.27. The lowest BCUT2D eigenvalue weighted by Crippen LogP contribution is -2.29. The first kappa shape index (κ1) is 13.6. The number of hydrogen-bond acceptors (Lipinski definition) is 2. The normalized spacial score (nSPS) is 13.5. The Kier molecular flexibility index (Phi) is 3.61. The zero-order valence-corrected chi connectivity index (χ0v) is 10.4. The molecule has 3 nitrogen and oxygen atoms in total. The molecule has 1 aromatic carbocycles. The molecule has 1 aromatic heterocycles. The van der Waals surface area contributed by atoms with Crippen molar-refractivity contribution in [1.29, 1.82) is 0 Å². The van der Waals surface area contributed by atoms with Crippen LogP contribution in [0.4, 0.5) is 13.2 Å². The molecule has 0 aliphatic heterocycles. The van der Waals surface area contributed by atoms with E-state index in [9.17, 15) is 13.2 Å². The molecule has 2 rings (SSSR count). The second-order valence-electron chi connectivity index (χ2n) is 4.27. The average molecular weight is 269 g/mol. The lowest BCUT2D eigenvalue weighted by molar-refractivity contribution is -0.149. The molecular weight excluding hydrogens is 255 g/mol. The fraction of sp³-hybridized carbons (Fsp3) is 0.308. The first-order chi connectivity index (χ1) is 8.93. The Balaban J connectivity index is 2.42.